The number of Topliss-reactive ketones (excluding diaryl/α,β-unsaturated/α-hetero) is 1. The smallest absolute Gasteiger partial charge is 0.524 e. The maximum Gasteiger partial charge on any atom is 0.524 e. The summed E-state index contributed by atoms with van der Waals surface area (Å²) in [5.74, 6) is -0.973. The number of phosphoric acid groups is 1. The van der Waals surface area contributed by atoms with Crippen LogP contribution in [0.25, 0.3) is 0 Å². The molecule has 76 heavy (non-hydrogen) atoms. The average molecular weight is 1100 g/mol. The molecule has 5 aliphatic carbocycles. The molecule has 0 aromatic heterocycles. The number of esters is 1. The molecule has 0 radical (unpaired) electrons. The first-order valence-corrected chi connectivity index (χ1v) is 29.9. The van der Waals surface area contributed by atoms with Gasteiger partial charge >= 0.3 is 13.8 Å². The van der Waals surface area contributed by atoms with Crippen LogP contribution in [0.2, 0.25) is 0 Å². The fourth-order valence-electron chi connectivity index (χ4n) is 15.1. The van der Waals surface area contributed by atoms with Gasteiger partial charge in [0.15, 0.2) is 30.8 Å². The van der Waals surface area contributed by atoms with E-state index < -0.39 is 61.4 Å². The second kappa shape index (κ2) is 25.4. The zero-order valence-corrected chi connectivity index (χ0v) is 46.4. The minimum absolute atomic E-state index is 0. The van der Waals surface area contributed by atoms with Crippen molar-refractivity contribution in [2.45, 2.75) is 166 Å². The molecule has 17 heteroatoms. The molecule has 9 rings (SSSR count). The molecular weight excluding hydrogens is 1010 g/mol. The Morgan fingerprint density at radius 1 is 0.934 bits per heavy atom. The second-order valence-corrected chi connectivity index (χ2v) is 24.9. The maximum atomic E-state index is 15.2. The van der Waals surface area contributed by atoms with Gasteiger partial charge in [-0.05, 0) is 124 Å². The highest BCUT2D eigenvalue weighted by atomic mass is 35.5. The normalized spacial score (nSPS) is 31.1. The van der Waals surface area contributed by atoms with Crippen LogP contribution in [0.4, 0.5) is 0 Å². The molecule has 420 valence electrons. The fraction of sp³-hybridized carbons (Fsp3) is 0.678. The Morgan fingerprint density at radius 2 is 1.67 bits per heavy atom. The number of quaternary nitrogens is 1. The van der Waals surface area contributed by atoms with Gasteiger partial charge in [-0.15, -0.1) is 0 Å². The Hall–Kier alpha value is -3.31. The summed E-state index contributed by atoms with van der Waals surface area (Å²) in [7, 11) is -4.97. The standard InChI is InChI=1S/C59H83N2O13P.ClH/c1-57-27-26-46(62)34-45(57)23-24-47-48-35-53-59(58(48,2)36-49(63)55(47)57,73-56(72-53)42-20-9-6-10-21-42)52(65)40-71-54(66)39-61(29-13-14-30-61)38-44-33-43(22-25-51(44)74-75(67,68)69)50(64)37-60-28-12-3-4-15-31-70-32-16-11-19-41-17-7-5-8-18-41;/h5,7-8,17-18,22,25-27,33-34,42,47-50,53,55-56,60,63-64H,3-4,6,9-16,19-21,23-24,28-32,35-40H2,1-2H3,(H-,67,68,69);1H/t47?,48?,49-,50?,53+,55?,56+,57-,58-,59+;/m0./s1. The number of carbonyl (C=O) groups is 3. The number of ether oxygens (including phenoxy) is 4. The number of aliphatic hydroxyl groups is 2. The highest BCUT2D eigenvalue weighted by molar-refractivity contribution is 7.46. The number of rotatable bonds is 25. The summed E-state index contributed by atoms with van der Waals surface area (Å²) >= 11 is 0. The van der Waals surface area contributed by atoms with Crippen molar-refractivity contribution in [3.8, 4) is 5.75 Å². The zero-order chi connectivity index (χ0) is 52.9. The van der Waals surface area contributed by atoms with Crippen molar-refractivity contribution >= 4 is 25.4 Å². The van der Waals surface area contributed by atoms with Crippen LogP contribution < -0.4 is 22.2 Å². The van der Waals surface area contributed by atoms with Gasteiger partial charge in [0, 0.05) is 60.8 Å². The first-order chi connectivity index (χ1) is 36.0. The first-order valence-electron chi connectivity index (χ1n) is 28.4. The number of carbonyl (C=O) groups excluding carboxylic acids is 3. The van der Waals surface area contributed by atoms with E-state index in [1.54, 1.807) is 24.3 Å². The molecule has 0 spiro atoms. The highest BCUT2D eigenvalue weighted by Crippen LogP contribution is 2.70. The van der Waals surface area contributed by atoms with Gasteiger partial charge in [-0.1, -0.05) is 94.0 Å². The van der Waals surface area contributed by atoms with E-state index in [2.05, 4.69) is 43.4 Å². The van der Waals surface area contributed by atoms with Crippen molar-refractivity contribution in [1.29, 1.82) is 0 Å². The molecule has 4 unspecified atom stereocenters. The lowest BCUT2D eigenvalue weighted by Gasteiger charge is -2.59. The molecule has 0 bridgehead atoms. The summed E-state index contributed by atoms with van der Waals surface area (Å²) in [6.45, 7) is 7.47. The van der Waals surface area contributed by atoms with Gasteiger partial charge in [-0.3, -0.25) is 19.4 Å². The minimum atomic E-state index is -4.97. The topological polar surface area (TPSA) is 207 Å². The van der Waals surface area contributed by atoms with Crippen LogP contribution >= 0.6 is 7.82 Å². The van der Waals surface area contributed by atoms with Crippen LogP contribution in [0.1, 0.15) is 146 Å². The number of aryl methyl sites for hydroxylation is 1. The summed E-state index contributed by atoms with van der Waals surface area (Å²) in [4.78, 5) is 61.7. The van der Waals surface area contributed by atoms with Crippen molar-refractivity contribution in [3.05, 3.63) is 89.0 Å². The molecule has 7 aliphatic rings. The van der Waals surface area contributed by atoms with Crippen LogP contribution in [0.3, 0.4) is 0 Å². The predicted octanol–water partition coefficient (Wildman–Crippen LogP) is 5.56. The number of nitrogens with one attached hydrogen (secondary N) is 1. The van der Waals surface area contributed by atoms with Crippen molar-refractivity contribution in [2.75, 3.05) is 52.5 Å². The van der Waals surface area contributed by atoms with Gasteiger partial charge in [0.1, 0.15) is 12.3 Å². The third-order valence-corrected chi connectivity index (χ3v) is 19.3. The van der Waals surface area contributed by atoms with Crippen molar-refractivity contribution in [1.82, 2.24) is 5.32 Å². The van der Waals surface area contributed by atoms with Gasteiger partial charge in [0.2, 0.25) is 5.78 Å². The molecule has 2 aliphatic heterocycles. The molecule has 4 saturated carbocycles. The number of allylic oxidation sites excluding steroid dienone is 4. The number of likely N-dealkylation sites (tertiary alicyclic amines) is 1. The van der Waals surface area contributed by atoms with Crippen molar-refractivity contribution < 1.29 is 79.3 Å². The number of phosphoric ester groups is 1. The van der Waals surface area contributed by atoms with E-state index in [0.29, 0.717) is 37.1 Å². The van der Waals surface area contributed by atoms with Crippen molar-refractivity contribution in [2.24, 2.45) is 34.5 Å². The highest BCUT2D eigenvalue weighted by Gasteiger charge is 2.76. The Labute approximate surface area is 456 Å². The first kappa shape index (κ1) is 58.8. The Balaban J connectivity index is 0.00000765. The predicted molar refractivity (Wildman–Crippen MR) is 282 cm³/mol. The second-order valence-electron chi connectivity index (χ2n) is 23.7. The monoisotopic (exact) mass is 1090 g/mol. The number of nitrogens with zero attached hydrogens (tertiary/aromatic N) is 1. The van der Waals surface area contributed by atoms with Crippen LogP contribution in [-0.4, -0.2) is 119 Å². The Bertz CT molecular complexity index is 2420. The Kier molecular flexibility index (Phi) is 19.7. The van der Waals surface area contributed by atoms with Crippen LogP contribution in [-0.2, 0) is 50.9 Å². The summed E-state index contributed by atoms with van der Waals surface area (Å²) in [6, 6.07) is 15.3. The zero-order valence-electron chi connectivity index (χ0n) is 44.8. The lowest BCUT2D eigenvalue weighted by atomic mass is 9.46. The molecule has 0 amide bonds. The molecule has 2 saturated heterocycles. The van der Waals surface area contributed by atoms with Gasteiger partial charge in [-0.2, -0.15) is 0 Å². The summed E-state index contributed by atoms with van der Waals surface area (Å²) in [6.07, 6.45) is 18.9. The third-order valence-electron chi connectivity index (χ3n) is 18.8. The van der Waals surface area contributed by atoms with E-state index in [1.807, 2.05) is 12.1 Å². The minimum Gasteiger partial charge on any atom is -1.00 e. The van der Waals surface area contributed by atoms with Gasteiger partial charge in [0.25, 0.3) is 0 Å². The van der Waals surface area contributed by atoms with E-state index in [9.17, 15) is 34.2 Å². The van der Waals surface area contributed by atoms with Gasteiger partial charge < -0.3 is 55.9 Å². The van der Waals surface area contributed by atoms with E-state index in [4.69, 9.17) is 23.5 Å². The van der Waals surface area contributed by atoms with Gasteiger partial charge in [-0.25, -0.2) is 9.36 Å². The molecule has 10 atom stereocenters. The van der Waals surface area contributed by atoms with E-state index in [1.165, 1.54) is 11.6 Å². The molecule has 5 N–H and O–H groups in total. The van der Waals surface area contributed by atoms with E-state index >= 15 is 4.79 Å². The fourth-order valence-corrected chi connectivity index (χ4v) is 15.5. The van der Waals surface area contributed by atoms with Crippen LogP contribution in [0, 0.1) is 34.5 Å². The summed E-state index contributed by atoms with van der Waals surface area (Å²) < 4.78 is 43.5. The molecule has 15 nitrogen and oxygen atoms in total. The number of hydrogen-bond acceptors (Lipinski definition) is 12. The van der Waals surface area contributed by atoms with Crippen LogP contribution in [0.15, 0.2) is 72.3 Å². The third kappa shape index (κ3) is 13.0. The lowest BCUT2D eigenvalue weighted by molar-refractivity contribution is -0.922. The van der Waals surface area contributed by atoms with Crippen molar-refractivity contribution in [3.63, 3.8) is 0 Å². The molecule has 2 heterocycles. The number of aliphatic hydroxyl groups excluding tert-OH is 2. The number of hydrogen-bond donors (Lipinski definition) is 5. The molecule has 2 aromatic carbocycles. The number of unbranched alkanes of at least 4 members (excludes halogenated alkanes) is 4. The van der Waals surface area contributed by atoms with E-state index in [-0.39, 0.29) is 77.5 Å². The number of ketones is 2. The Morgan fingerprint density at radius 3 is 2.42 bits per heavy atom. The molecule has 6 fully saturated rings. The quantitative estimate of drug-likeness (QED) is 0.0358. The SMILES string of the molecule is C[C@]12C=CC(=O)C=C1CCC1C2[C@@H](O)C[C@@]2(C)C1C[C@H]1O[C@@H](C3CCCCC3)O[C@]12C(=O)COC(=O)C[N+]1(Cc2cc(C(O)CNCCCCCCOCCCCc3ccccc3)ccc2OP(=O)(O)O)CCCC1.[Cl-]. The van der Waals surface area contributed by atoms with Gasteiger partial charge in [0.05, 0.1) is 31.4 Å². The number of benzene rings is 2. The lowest BCUT2D eigenvalue weighted by Crippen LogP contribution is -3.00. The van der Waals surface area contributed by atoms with E-state index in [0.717, 1.165) is 128 Å². The largest absolute Gasteiger partial charge is 1.00 e. The summed E-state index contributed by atoms with van der Waals surface area (Å²) in [5.41, 5.74) is 0.664. The number of fused-ring (bicyclic) bond motifs is 7. The van der Waals surface area contributed by atoms with Crippen LogP contribution in [0.5, 0.6) is 5.75 Å². The maximum absolute atomic E-state index is 15.2. The average Bonchev–Trinajstić information content (AvgIpc) is 4.08. The number of halogens is 1. The summed E-state index contributed by atoms with van der Waals surface area (Å²) in [5, 5.41) is 27.0. The molecular formula is C59H84ClN2O13P. The molecule has 2 aromatic rings.